The summed E-state index contributed by atoms with van der Waals surface area (Å²) in [5.74, 6) is 0.400. The van der Waals surface area contributed by atoms with Gasteiger partial charge in [-0.05, 0) is 39.6 Å². The van der Waals surface area contributed by atoms with Crippen LogP contribution in [-0.2, 0) is 0 Å². The Morgan fingerprint density at radius 3 is 2.85 bits per heavy atom. The van der Waals surface area contributed by atoms with Crippen LogP contribution in [0.5, 0.6) is 0 Å². The second-order valence-electron chi connectivity index (χ2n) is 6.88. The highest BCUT2D eigenvalue weighted by atomic mass is 32.1. The number of hydrogen-bond donors (Lipinski definition) is 1. The Bertz CT molecular complexity index is 897. The van der Waals surface area contributed by atoms with E-state index in [-0.39, 0.29) is 5.91 Å². The number of fused-ring (bicyclic) bond motifs is 1. The van der Waals surface area contributed by atoms with Gasteiger partial charge in [0.05, 0.1) is 17.6 Å². The first-order valence-corrected chi connectivity index (χ1v) is 9.45. The van der Waals surface area contributed by atoms with Crippen LogP contribution < -0.4 is 10.2 Å². The zero-order chi connectivity index (χ0) is 18.3. The van der Waals surface area contributed by atoms with E-state index >= 15 is 0 Å². The minimum absolute atomic E-state index is 0.160. The van der Waals surface area contributed by atoms with Crippen LogP contribution in [0.2, 0.25) is 0 Å². The van der Waals surface area contributed by atoms with E-state index in [0.29, 0.717) is 16.7 Å². The molecule has 7 nitrogen and oxygen atoms in total. The van der Waals surface area contributed by atoms with E-state index in [4.69, 9.17) is 0 Å². The molecule has 0 spiro atoms. The third-order valence-corrected chi connectivity index (χ3v) is 5.74. The predicted molar refractivity (Wildman–Crippen MR) is 104 cm³/mol. The first-order valence-electron chi connectivity index (χ1n) is 8.63. The molecule has 3 aromatic heterocycles. The van der Waals surface area contributed by atoms with Crippen LogP contribution in [0.1, 0.15) is 21.8 Å². The van der Waals surface area contributed by atoms with Gasteiger partial charge < -0.3 is 15.1 Å². The van der Waals surface area contributed by atoms with Gasteiger partial charge in [0, 0.05) is 31.5 Å². The molecule has 0 saturated carbocycles. The van der Waals surface area contributed by atoms with Crippen molar-refractivity contribution in [1.82, 2.24) is 19.3 Å². The molecule has 3 aromatic rings. The minimum Gasteiger partial charge on any atom is -0.369 e. The lowest BCUT2D eigenvalue weighted by molar-refractivity contribution is 0.103. The molecule has 26 heavy (non-hydrogen) atoms. The summed E-state index contributed by atoms with van der Waals surface area (Å²) < 4.78 is 1.87. The van der Waals surface area contributed by atoms with Crippen molar-refractivity contribution in [2.75, 3.05) is 37.4 Å². The molecular weight excluding hydrogens is 348 g/mol. The molecule has 4 rings (SSSR count). The van der Waals surface area contributed by atoms with Gasteiger partial charge in [-0.15, -0.1) is 0 Å². The van der Waals surface area contributed by atoms with Crippen LogP contribution in [-0.4, -0.2) is 58.4 Å². The number of likely N-dealkylation sites (N-methyl/N-ethyl adjacent to an activating group) is 1. The molecule has 0 radical (unpaired) electrons. The maximum absolute atomic E-state index is 12.4. The van der Waals surface area contributed by atoms with Gasteiger partial charge in [0.2, 0.25) is 0 Å². The molecule has 8 heteroatoms. The first-order chi connectivity index (χ1) is 12.5. The van der Waals surface area contributed by atoms with Gasteiger partial charge in [0.25, 0.3) is 5.91 Å². The number of hydrogen-bond acceptors (Lipinski definition) is 6. The van der Waals surface area contributed by atoms with E-state index in [2.05, 4.69) is 39.2 Å². The van der Waals surface area contributed by atoms with E-state index in [9.17, 15) is 4.79 Å². The van der Waals surface area contributed by atoms with E-state index < -0.39 is 0 Å². The molecule has 1 unspecified atom stereocenters. The second-order valence-corrected chi connectivity index (χ2v) is 7.88. The SMILES string of the molecule is Cc1cn2cc(C(=O)Nc3ccc(N4CCC(N(C)C)C4)cn3)sc2n1. The summed E-state index contributed by atoms with van der Waals surface area (Å²) in [5, 5.41) is 2.86. The lowest BCUT2D eigenvalue weighted by Gasteiger charge is -2.21. The van der Waals surface area contributed by atoms with E-state index in [1.165, 1.54) is 11.3 Å². The van der Waals surface area contributed by atoms with Gasteiger partial charge in [0.1, 0.15) is 10.7 Å². The molecule has 0 aromatic carbocycles. The third-order valence-electron chi connectivity index (χ3n) is 4.75. The summed E-state index contributed by atoms with van der Waals surface area (Å²) in [6.45, 7) is 3.98. The number of nitrogens with zero attached hydrogens (tertiary/aromatic N) is 5. The standard InChI is InChI=1S/C18H22N6OS/c1-12-9-24-11-15(26-18(24)20-12)17(25)21-16-5-4-13(8-19-16)23-7-6-14(10-23)22(2)3/h4-5,8-9,11,14H,6-7,10H2,1-3H3,(H,19,21,25). The Labute approximate surface area is 156 Å². The number of anilines is 2. The highest BCUT2D eigenvalue weighted by Crippen LogP contribution is 2.23. The number of thiazole rings is 1. The van der Waals surface area contributed by atoms with Crippen LogP contribution in [0.4, 0.5) is 11.5 Å². The van der Waals surface area contributed by atoms with Gasteiger partial charge >= 0.3 is 0 Å². The number of amides is 1. The maximum atomic E-state index is 12.4. The van der Waals surface area contributed by atoms with Crippen molar-refractivity contribution in [3.8, 4) is 0 Å². The summed E-state index contributed by atoms with van der Waals surface area (Å²) in [7, 11) is 4.24. The Balaban J connectivity index is 1.42. The van der Waals surface area contributed by atoms with Crippen molar-refractivity contribution in [3.63, 3.8) is 0 Å². The predicted octanol–water partition coefficient (Wildman–Crippen LogP) is 2.49. The van der Waals surface area contributed by atoms with Crippen molar-refractivity contribution < 1.29 is 4.79 Å². The fourth-order valence-electron chi connectivity index (χ4n) is 3.24. The van der Waals surface area contributed by atoms with Crippen LogP contribution in [0.15, 0.2) is 30.7 Å². The molecule has 1 fully saturated rings. The summed E-state index contributed by atoms with van der Waals surface area (Å²) in [6, 6.07) is 4.46. The number of aromatic nitrogens is 3. The molecule has 1 aliphatic rings. The highest BCUT2D eigenvalue weighted by Gasteiger charge is 2.24. The van der Waals surface area contributed by atoms with Crippen molar-refractivity contribution >= 4 is 33.7 Å². The first kappa shape index (κ1) is 17.0. The third kappa shape index (κ3) is 3.30. The van der Waals surface area contributed by atoms with Gasteiger partial charge in [-0.1, -0.05) is 11.3 Å². The topological polar surface area (TPSA) is 65.8 Å². The zero-order valence-corrected chi connectivity index (χ0v) is 16.0. The number of carbonyl (C=O) groups excluding carboxylic acids is 1. The second kappa shape index (κ2) is 6.69. The van der Waals surface area contributed by atoms with Crippen LogP contribution in [0.25, 0.3) is 4.96 Å². The quantitative estimate of drug-likeness (QED) is 0.764. The minimum atomic E-state index is -0.160. The fraction of sp³-hybridized carbons (Fsp3) is 0.389. The molecule has 1 atom stereocenters. The van der Waals surface area contributed by atoms with Crippen molar-refractivity contribution in [1.29, 1.82) is 0 Å². The summed E-state index contributed by atoms with van der Waals surface area (Å²) in [4.78, 5) is 27.2. The number of imidazole rings is 1. The molecule has 136 valence electrons. The molecule has 1 amide bonds. The number of aryl methyl sites for hydroxylation is 1. The Morgan fingerprint density at radius 1 is 1.35 bits per heavy atom. The monoisotopic (exact) mass is 370 g/mol. The molecule has 1 N–H and O–H groups in total. The average molecular weight is 370 g/mol. The highest BCUT2D eigenvalue weighted by molar-refractivity contribution is 7.19. The average Bonchev–Trinajstić information content (AvgIpc) is 3.29. The maximum Gasteiger partial charge on any atom is 0.268 e. The van der Waals surface area contributed by atoms with Crippen LogP contribution in [0.3, 0.4) is 0 Å². The van der Waals surface area contributed by atoms with Gasteiger partial charge in [-0.3, -0.25) is 9.20 Å². The molecule has 0 aliphatic carbocycles. The summed E-state index contributed by atoms with van der Waals surface area (Å²) in [5.41, 5.74) is 2.04. The largest absolute Gasteiger partial charge is 0.369 e. The molecular formula is C18H22N6OS. The Morgan fingerprint density at radius 2 is 2.19 bits per heavy atom. The zero-order valence-electron chi connectivity index (χ0n) is 15.1. The summed E-state index contributed by atoms with van der Waals surface area (Å²) in [6.07, 6.45) is 6.70. The smallest absolute Gasteiger partial charge is 0.268 e. The fourth-order valence-corrected chi connectivity index (χ4v) is 4.15. The van der Waals surface area contributed by atoms with Gasteiger partial charge in [0.15, 0.2) is 4.96 Å². The van der Waals surface area contributed by atoms with E-state index in [0.717, 1.165) is 35.9 Å². The molecule has 4 heterocycles. The summed E-state index contributed by atoms with van der Waals surface area (Å²) >= 11 is 1.37. The lowest BCUT2D eigenvalue weighted by atomic mass is 10.2. The van der Waals surface area contributed by atoms with Gasteiger partial charge in [-0.25, -0.2) is 9.97 Å². The number of pyridine rings is 1. The Hall–Kier alpha value is -2.45. The Kier molecular flexibility index (Phi) is 4.37. The molecule has 0 bridgehead atoms. The van der Waals surface area contributed by atoms with Crippen LogP contribution in [0, 0.1) is 6.92 Å². The number of nitrogens with one attached hydrogen (secondary N) is 1. The van der Waals surface area contributed by atoms with Crippen LogP contribution >= 0.6 is 11.3 Å². The normalized spacial score (nSPS) is 17.4. The van der Waals surface area contributed by atoms with E-state index in [1.807, 2.05) is 35.9 Å². The molecule has 1 aliphatic heterocycles. The van der Waals surface area contributed by atoms with Gasteiger partial charge in [-0.2, -0.15) is 0 Å². The number of carbonyl (C=O) groups is 1. The van der Waals surface area contributed by atoms with Crippen molar-refractivity contribution in [2.45, 2.75) is 19.4 Å². The van der Waals surface area contributed by atoms with Crippen molar-refractivity contribution in [3.05, 3.63) is 41.3 Å². The number of rotatable bonds is 4. The molecule has 1 saturated heterocycles. The van der Waals surface area contributed by atoms with E-state index in [1.54, 1.807) is 6.20 Å². The van der Waals surface area contributed by atoms with Crippen molar-refractivity contribution in [2.24, 2.45) is 0 Å². The lowest BCUT2D eigenvalue weighted by Crippen LogP contribution is -2.31.